The number of carbonyl (C=O) groups is 2. The molecule has 5 nitrogen and oxygen atoms in total. The topological polar surface area (TPSA) is 98.2 Å². The van der Waals surface area contributed by atoms with Gasteiger partial charge in [0.05, 0.1) is 5.56 Å². The SMILES string of the molecule is NC(=O)c1ccsc1NC(=O)/C=C/c1cccc(N)c1. The largest absolute Gasteiger partial charge is 0.399 e. The van der Waals surface area contributed by atoms with Gasteiger partial charge in [-0.1, -0.05) is 12.1 Å². The molecule has 0 aliphatic heterocycles. The van der Waals surface area contributed by atoms with Gasteiger partial charge in [-0.25, -0.2) is 0 Å². The van der Waals surface area contributed by atoms with E-state index in [4.69, 9.17) is 11.5 Å². The van der Waals surface area contributed by atoms with Crippen molar-refractivity contribution < 1.29 is 9.59 Å². The number of primary amides is 1. The third-order valence-electron chi connectivity index (χ3n) is 2.51. The minimum Gasteiger partial charge on any atom is -0.399 e. The van der Waals surface area contributed by atoms with Crippen LogP contribution in [0.1, 0.15) is 15.9 Å². The van der Waals surface area contributed by atoms with Gasteiger partial charge >= 0.3 is 0 Å². The quantitative estimate of drug-likeness (QED) is 0.593. The lowest BCUT2D eigenvalue weighted by Gasteiger charge is -2.01. The zero-order valence-corrected chi connectivity index (χ0v) is 11.3. The predicted molar refractivity (Wildman–Crippen MR) is 81.4 cm³/mol. The summed E-state index contributed by atoms with van der Waals surface area (Å²) in [7, 11) is 0. The van der Waals surface area contributed by atoms with Crippen LogP contribution in [0, 0.1) is 0 Å². The molecular weight excluding hydrogens is 274 g/mol. The van der Waals surface area contributed by atoms with Crippen molar-refractivity contribution in [1.82, 2.24) is 0 Å². The number of nitrogens with one attached hydrogen (secondary N) is 1. The second kappa shape index (κ2) is 6.03. The highest BCUT2D eigenvalue weighted by Crippen LogP contribution is 2.22. The van der Waals surface area contributed by atoms with E-state index in [1.54, 1.807) is 35.7 Å². The van der Waals surface area contributed by atoms with Gasteiger partial charge in [0.25, 0.3) is 5.91 Å². The molecule has 0 saturated carbocycles. The number of benzene rings is 1. The Morgan fingerprint density at radius 2 is 2.05 bits per heavy atom. The predicted octanol–water partition coefficient (Wildman–Crippen LogP) is 2.08. The first-order valence-corrected chi connectivity index (χ1v) is 6.66. The van der Waals surface area contributed by atoms with Crippen molar-refractivity contribution in [3.63, 3.8) is 0 Å². The van der Waals surface area contributed by atoms with Crippen molar-refractivity contribution in [3.05, 3.63) is 52.9 Å². The Labute approximate surface area is 119 Å². The molecule has 0 aliphatic carbocycles. The Bertz CT molecular complexity index is 677. The second-order valence-corrected chi connectivity index (χ2v) is 4.94. The minimum absolute atomic E-state index is 0.306. The molecule has 1 aromatic heterocycles. The van der Waals surface area contributed by atoms with Crippen molar-refractivity contribution in [2.45, 2.75) is 0 Å². The number of hydrogen-bond acceptors (Lipinski definition) is 4. The molecule has 2 aromatic rings. The molecule has 0 aliphatic rings. The highest BCUT2D eigenvalue weighted by Gasteiger charge is 2.10. The van der Waals surface area contributed by atoms with E-state index in [0.717, 1.165) is 5.56 Å². The number of thiophene rings is 1. The highest BCUT2D eigenvalue weighted by molar-refractivity contribution is 7.14. The molecule has 1 aromatic carbocycles. The molecule has 6 heteroatoms. The Morgan fingerprint density at radius 1 is 1.25 bits per heavy atom. The summed E-state index contributed by atoms with van der Waals surface area (Å²) < 4.78 is 0. The van der Waals surface area contributed by atoms with E-state index < -0.39 is 5.91 Å². The fraction of sp³-hybridized carbons (Fsp3) is 0. The van der Waals surface area contributed by atoms with E-state index in [1.165, 1.54) is 17.4 Å². The molecule has 5 N–H and O–H groups in total. The van der Waals surface area contributed by atoms with Gasteiger partial charge in [0.15, 0.2) is 0 Å². The summed E-state index contributed by atoms with van der Waals surface area (Å²) in [5.41, 5.74) is 12.6. The van der Waals surface area contributed by atoms with Gasteiger partial charge in [0.2, 0.25) is 5.91 Å². The van der Waals surface area contributed by atoms with Gasteiger partial charge in [-0.05, 0) is 35.2 Å². The summed E-state index contributed by atoms with van der Waals surface area (Å²) in [6, 6.07) is 8.73. The Morgan fingerprint density at radius 3 is 2.75 bits per heavy atom. The number of amides is 2. The van der Waals surface area contributed by atoms with Crippen LogP contribution >= 0.6 is 11.3 Å². The molecule has 0 spiro atoms. The Hall–Kier alpha value is -2.60. The smallest absolute Gasteiger partial charge is 0.251 e. The van der Waals surface area contributed by atoms with E-state index in [-0.39, 0.29) is 5.91 Å². The number of carbonyl (C=O) groups excluding carboxylic acids is 2. The van der Waals surface area contributed by atoms with Gasteiger partial charge in [0, 0.05) is 11.8 Å². The van der Waals surface area contributed by atoms with Crippen LogP contribution in [-0.2, 0) is 4.79 Å². The summed E-state index contributed by atoms with van der Waals surface area (Å²) >= 11 is 1.24. The first-order valence-electron chi connectivity index (χ1n) is 5.78. The fourth-order valence-corrected chi connectivity index (χ4v) is 2.38. The number of anilines is 2. The first-order chi connectivity index (χ1) is 9.56. The molecule has 0 fully saturated rings. The molecule has 1 heterocycles. The average Bonchev–Trinajstić information content (AvgIpc) is 2.85. The highest BCUT2D eigenvalue weighted by atomic mass is 32.1. The molecule has 2 amide bonds. The van der Waals surface area contributed by atoms with E-state index in [2.05, 4.69) is 5.32 Å². The molecule has 102 valence electrons. The van der Waals surface area contributed by atoms with Crippen molar-refractivity contribution in [3.8, 4) is 0 Å². The van der Waals surface area contributed by atoms with E-state index >= 15 is 0 Å². The van der Waals surface area contributed by atoms with Crippen molar-refractivity contribution in [1.29, 1.82) is 0 Å². The van der Waals surface area contributed by atoms with Crippen molar-refractivity contribution >= 4 is 39.9 Å². The van der Waals surface area contributed by atoms with Crippen LogP contribution in [0.3, 0.4) is 0 Å². The minimum atomic E-state index is -0.568. The fourth-order valence-electron chi connectivity index (χ4n) is 1.59. The van der Waals surface area contributed by atoms with Gasteiger partial charge in [-0.3, -0.25) is 9.59 Å². The van der Waals surface area contributed by atoms with E-state index in [9.17, 15) is 9.59 Å². The molecule has 0 bridgehead atoms. The molecule has 2 rings (SSSR count). The second-order valence-electron chi connectivity index (χ2n) is 4.02. The zero-order valence-electron chi connectivity index (χ0n) is 10.5. The molecule has 20 heavy (non-hydrogen) atoms. The van der Waals surface area contributed by atoms with Crippen LogP contribution in [0.15, 0.2) is 41.8 Å². The number of nitrogens with two attached hydrogens (primary N) is 2. The number of hydrogen-bond donors (Lipinski definition) is 3. The van der Waals surface area contributed by atoms with Crippen molar-refractivity contribution in [2.75, 3.05) is 11.1 Å². The third kappa shape index (κ3) is 3.46. The van der Waals surface area contributed by atoms with E-state index in [0.29, 0.717) is 16.3 Å². The van der Waals surface area contributed by atoms with Crippen LogP contribution < -0.4 is 16.8 Å². The normalized spacial score (nSPS) is 10.6. The standard InChI is InChI=1S/C14H13N3O2S/c15-10-3-1-2-9(8-10)4-5-12(18)17-14-11(13(16)19)6-7-20-14/h1-8H,15H2,(H2,16,19)(H,17,18)/b5-4+. The van der Waals surface area contributed by atoms with E-state index in [1.807, 2.05) is 6.07 Å². The number of rotatable bonds is 4. The van der Waals surface area contributed by atoms with Crippen LogP contribution in [0.25, 0.3) is 6.08 Å². The Kier molecular flexibility index (Phi) is 4.17. The molecule has 0 atom stereocenters. The molecule has 0 saturated heterocycles. The van der Waals surface area contributed by atoms with Gasteiger partial charge in [-0.15, -0.1) is 11.3 Å². The lowest BCUT2D eigenvalue weighted by Crippen LogP contribution is -2.14. The van der Waals surface area contributed by atoms with Crippen LogP contribution in [0.4, 0.5) is 10.7 Å². The van der Waals surface area contributed by atoms with Gasteiger partial charge in [0.1, 0.15) is 5.00 Å². The zero-order chi connectivity index (χ0) is 14.5. The monoisotopic (exact) mass is 287 g/mol. The maximum Gasteiger partial charge on any atom is 0.251 e. The average molecular weight is 287 g/mol. The van der Waals surface area contributed by atoms with Gasteiger partial charge in [-0.2, -0.15) is 0 Å². The van der Waals surface area contributed by atoms with Crippen molar-refractivity contribution in [2.24, 2.45) is 5.73 Å². The first kappa shape index (κ1) is 13.8. The van der Waals surface area contributed by atoms with Gasteiger partial charge < -0.3 is 16.8 Å². The maximum atomic E-state index is 11.8. The molecular formula is C14H13N3O2S. The summed E-state index contributed by atoms with van der Waals surface area (Å²) in [5, 5.41) is 4.75. The van der Waals surface area contributed by atoms with Crippen LogP contribution in [0.5, 0.6) is 0 Å². The third-order valence-corrected chi connectivity index (χ3v) is 3.34. The van der Waals surface area contributed by atoms with Crippen LogP contribution in [0.2, 0.25) is 0 Å². The van der Waals surface area contributed by atoms with Crippen LogP contribution in [-0.4, -0.2) is 11.8 Å². The maximum absolute atomic E-state index is 11.8. The lowest BCUT2D eigenvalue weighted by molar-refractivity contribution is -0.111. The summed E-state index contributed by atoms with van der Waals surface area (Å²) in [5.74, 6) is -0.904. The molecule has 0 unspecified atom stereocenters. The Balaban J connectivity index is 2.06. The molecule has 0 radical (unpaired) electrons. The summed E-state index contributed by atoms with van der Waals surface area (Å²) in [4.78, 5) is 22.9. The summed E-state index contributed by atoms with van der Waals surface area (Å²) in [6.45, 7) is 0. The lowest BCUT2D eigenvalue weighted by atomic mass is 10.2. The summed E-state index contributed by atoms with van der Waals surface area (Å²) in [6.07, 6.45) is 3.02. The number of nitrogen functional groups attached to an aromatic ring is 1.